The maximum atomic E-state index is 5.32. The molecule has 0 heterocycles. The molecule has 0 saturated carbocycles. The molecule has 0 amide bonds. The van der Waals surface area contributed by atoms with Gasteiger partial charge in [-0.05, 0) is 6.92 Å². The van der Waals surface area contributed by atoms with Crippen LogP contribution in [0.15, 0.2) is 57.6 Å². The van der Waals surface area contributed by atoms with Crippen LogP contribution >= 0.6 is 12.8 Å². The molecule has 1 aromatic rings. The summed E-state index contributed by atoms with van der Waals surface area (Å²) >= 11 is 9.44. The molecule has 1 aromatic carbocycles. The van der Waals surface area contributed by atoms with E-state index in [4.69, 9.17) is 12.6 Å². The highest BCUT2D eigenvalue weighted by Crippen LogP contribution is 2.17. The van der Waals surface area contributed by atoms with Gasteiger partial charge < -0.3 is 17.4 Å². The van der Waals surface area contributed by atoms with Crippen molar-refractivity contribution >= 4 is 31.2 Å². The van der Waals surface area contributed by atoms with Crippen molar-refractivity contribution in [2.45, 2.75) is 20.3 Å². The zero-order chi connectivity index (χ0) is 14.3. The van der Waals surface area contributed by atoms with Crippen LogP contribution in [0.25, 0.3) is 0 Å². The van der Waals surface area contributed by atoms with Gasteiger partial charge in [0.1, 0.15) is 0 Å². The zero-order valence-corrected chi connectivity index (χ0v) is 13.2. The van der Waals surface area contributed by atoms with Crippen molar-refractivity contribution < 1.29 is 0 Å². The Morgan fingerprint density at radius 2 is 2.00 bits per heavy atom. The number of thiol groups is 1. The second-order valence-electron chi connectivity index (χ2n) is 4.05. The molecule has 0 aliphatic carbocycles. The number of nitrogens with zero attached hydrogens (tertiary/aromatic N) is 1. The molecule has 0 fully saturated rings. The molecule has 19 heavy (non-hydrogen) atoms. The third kappa shape index (κ3) is 4.40. The van der Waals surface area contributed by atoms with Gasteiger partial charge in [0.05, 0.1) is 5.71 Å². The molecule has 0 aliphatic rings. The van der Waals surface area contributed by atoms with Crippen molar-refractivity contribution in [1.29, 1.82) is 0 Å². The Morgan fingerprint density at radius 1 is 1.37 bits per heavy atom. The minimum Gasteiger partial charge on any atom is -0.784 e. The first-order valence-corrected chi connectivity index (χ1v) is 7.00. The highest BCUT2D eigenvalue weighted by atomic mass is 32.1. The minimum atomic E-state index is 0.838. The summed E-state index contributed by atoms with van der Waals surface area (Å²) in [6.45, 7) is 4.01. The Hall–Kier alpha value is -1.26. The number of hydrogen-bond acceptors (Lipinski definition) is 4. The SMILES string of the molecule is CC/C([S-])=C/C(C(=NC)c1ccccc1)=C(\C)NS. The van der Waals surface area contributed by atoms with Gasteiger partial charge in [-0.2, -0.15) is 4.91 Å². The lowest BCUT2D eigenvalue weighted by atomic mass is 10.00. The van der Waals surface area contributed by atoms with Gasteiger partial charge in [0.2, 0.25) is 0 Å². The summed E-state index contributed by atoms with van der Waals surface area (Å²) in [6.07, 6.45) is 2.83. The number of hydrogen-bond donors (Lipinski definition) is 2. The molecular formula is C15H19N2S2-. The van der Waals surface area contributed by atoms with Crippen LogP contribution in [0.4, 0.5) is 0 Å². The van der Waals surface area contributed by atoms with E-state index in [0.717, 1.165) is 33.9 Å². The molecule has 0 radical (unpaired) electrons. The van der Waals surface area contributed by atoms with Crippen LogP contribution in [-0.2, 0) is 12.6 Å². The number of nitrogens with one attached hydrogen (secondary N) is 1. The summed E-state index contributed by atoms with van der Waals surface area (Å²) in [6, 6.07) is 10.1. The summed E-state index contributed by atoms with van der Waals surface area (Å²) in [5, 5.41) is 0. The molecule has 1 N–H and O–H groups in total. The molecule has 0 aliphatic heterocycles. The summed E-state index contributed by atoms with van der Waals surface area (Å²) in [5.74, 6) is 0. The van der Waals surface area contributed by atoms with E-state index in [1.165, 1.54) is 0 Å². The Kier molecular flexibility index (Phi) is 6.67. The molecule has 0 aromatic heterocycles. The van der Waals surface area contributed by atoms with Crippen molar-refractivity contribution in [3.63, 3.8) is 0 Å². The quantitative estimate of drug-likeness (QED) is 0.374. The average Bonchev–Trinajstić information content (AvgIpc) is 2.47. The van der Waals surface area contributed by atoms with E-state index in [0.29, 0.717) is 0 Å². The van der Waals surface area contributed by atoms with Crippen LogP contribution in [0.5, 0.6) is 0 Å². The van der Waals surface area contributed by atoms with E-state index in [-0.39, 0.29) is 0 Å². The van der Waals surface area contributed by atoms with Gasteiger partial charge in [0, 0.05) is 23.9 Å². The highest BCUT2D eigenvalue weighted by molar-refractivity contribution is 7.78. The maximum Gasteiger partial charge on any atom is 0.0732 e. The minimum absolute atomic E-state index is 0.838. The summed E-state index contributed by atoms with van der Waals surface area (Å²) in [4.78, 5) is 5.31. The van der Waals surface area contributed by atoms with Gasteiger partial charge in [-0.1, -0.05) is 62.6 Å². The van der Waals surface area contributed by atoms with E-state index in [1.54, 1.807) is 7.05 Å². The van der Waals surface area contributed by atoms with Crippen LogP contribution in [0.1, 0.15) is 25.8 Å². The van der Waals surface area contributed by atoms with Crippen LogP contribution in [0.3, 0.4) is 0 Å². The molecule has 0 bridgehead atoms. The summed E-state index contributed by atoms with van der Waals surface area (Å²) in [7, 11) is 1.79. The third-order valence-electron chi connectivity index (χ3n) is 2.75. The monoisotopic (exact) mass is 291 g/mol. The van der Waals surface area contributed by atoms with Crippen LogP contribution in [0, 0.1) is 0 Å². The van der Waals surface area contributed by atoms with E-state index < -0.39 is 0 Å². The van der Waals surface area contributed by atoms with Gasteiger partial charge >= 0.3 is 0 Å². The van der Waals surface area contributed by atoms with Gasteiger partial charge in [-0.15, -0.1) is 0 Å². The van der Waals surface area contributed by atoms with E-state index in [1.807, 2.05) is 50.3 Å². The molecule has 1 rings (SSSR count). The maximum absolute atomic E-state index is 5.32. The zero-order valence-electron chi connectivity index (χ0n) is 11.5. The predicted octanol–water partition coefficient (Wildman–Crippen LogP) is 3.65. The first-order valence-electron chi connectivity index (χ1n) is 6.15. The molecule has 0 unspecified atom stereocenters. The fraction of sp³-hybridized carbons (Fsp3) is 0.267. The number of allylic oxidation sites excluding steroid dienone is 4. The second-order valence-corrected chi connectivity index (χ2v) is 4.80. The fourth-order valence-electron chi connectivity index (χ4n) is 1.68. The van der Waals surface area contributed by atoms with Gasteiger partial charge in [-0.25, -0.2) is 0 Å². The molecule has 4 heteroatoms. The van der Waals surface area contributed by atoms with Crippen molar-refractivity contribution in [3.8, 4) is 0 Å². The first kappa shape index (κ1) is 15.8. The Morgan fingerprint density at radius 3 is 2.47 bits per heavy atom. The average molecular weight is 291 g/mol. The topological polar surface area (TPSA) is 24.4 Å². The molecule has 0 spiro atoms. The standard InChI is InChI=1S/C15H20N2S2/c1-4-13(18)10-14(11(2)17-19)15(16-3)12-8-6-5-7-9-12/h5-10,17-19H,4H2,1-3H3/p-1/b13-10-,14-11-,16-15?. The van der Waals surface area contributed by atoms with E-state index in [2.05, 4.69) is 22.5 Å². The third-order valence-corrected chi connectivity index (χ3v) is 3.49. The van der Waals surface area contributed by atoms with Crippen molar-refractivity contribution in [2.75, 3.05) is 7.05 Å². The predicted molar refractivity (Wildman–Crippen MR) is 89.5 cm³/mol. The smallest absolute Gasteiger partial charge is 0.0732 e. The van der Waals surface area contributed by atoms with Gasteiger partial charge in [0.25, 0.3) is 0 Å². The first-order chi connectivity index (χ1) is 9.13. The molecule has 0 atom stereocenters. The Balaban J connectivity index is 3.33. The molecule has 102 valence electrons. The number of aliphatic imine (C=N–C) groups is 1. The van der Waals surface area contributed by atoms with Crippen LogP contribution in [0.2, 0.25) is 0 Å². The number of rotatable bonds is 5. The lowest BCUT2D eigenvalue weighted by Crippen LogP contribution is -2.10. The van der Waals surface area contributed by atoms with Crippen molar-refractivity contribution in [3.05, 3.63) is 58.1 Å². The van der Waals surface area contributed by atoms with Crippen molar-refractivity contribution in [2.24, 2.45) is 4.99 Å². The highest BCUT2D eigenvalue weighted by Gasteiger charge is 2.09. The second kappa shape index (κ2) is 8.02. The lowest BCUT2D eigenvalue weighted by Gasteiger charge is -2.16. The molecule has 0 saturated heterocycles. The Bertz CT molecular complexity index is 502. The van der Waals surface area contributed by atoms with Gasteiger partial charge in [0.15, 0.2) is 0 Å². The van der Waals surface area contributed by atoms with Gasteiger partial charge in [-0.3, -0.25) is 4.99 Å². The molecule has 2 nitrogen and oxygen atoms in total. The van der Waals surface area contributed by atoms with E-state index >= 15 is 0 Å². The number of benzene rings is 1. The largest absolute Gasteiger partial charge is 0.784 e. The normalized spacial score (nSPS) is 14.1. The van der Waals surface area contributed by atoms with E-state index in [9.17, 15) is 0 Å². The van der Waals surface area contributed by atoms with Crippen molar-refractivity contribution in [1.82, 2.24) is 4.72 Å². The summed E-state index contributed by atoms with van der Waals surface area (Å²) in [5.41, 5.74) is 3.90. The Labute approximate surface area is 126 Å². The molecular weight excluding hydrogens is 272 g/mol. The van der Waals surface area contributed by atoms with Crippen LogP contribution in [-0.4, -0.2) is 12.8 Å². The lowest BCUT2D eigenvalue weighted by molar-refractivity contribution is 1.17. The summed E-state index contributed by atoms with van der Waals surface area (Å²) < 4.78 is 2.88. The fourth-order valence-corrected chi connectivity index (χ4v) is 1.92. The van der Waals surface area contributed by atoms with Crippen LogP contribution < -0.4 is 4.72 Å².